The van der Waals surface area contributed by atoms with Crippen LogP contribution in [0.25, 0.3) is 54.6 Å². The van der Waals surface area contributed by atoms with Gasteiger partial charge in [0.15, 0.2) is 0 Å². The molecule has 0 unspecified atom stereocenters. The molecule has 0 saturated heterocycles. The van der Waals surface area contributed by atoms with Crippen molar-refractivity contribution in [2.45, 2.75) is 0 Å². The minimum absolute atomic E-state index is 0.199. The number of phenols is 3. The van der Waals surface area contributed by atoms with Gasteiger partial charge in [-0.1, -0.05) is 72.8 Å². The van der Waals surface area contributed by atoms with Crippen LogP contribution in [0, 0.1) is 0 Å². The molecule has 6 aromatic carbocycles. The molecule has 0 saturated carbocycles. The molecule has 0 aliphatic rings. The number of fused-ring (bicyclic) bond motifs is 3. The summed E-state index contributed by atoms with van der Waals surface area (Å²) in [5.41, 5.74) is 3.80. The van der Waals surface area contributed by atoms with Crippen molar-refractivity contribution in [2.75, 3.05) is 0 Å². The molecule has 0 bridgehead atoms. The molecule has 0 atom stereocenters. The summed E-state index contributed by atoms with van der Waals surface area (Å²) in [7, 11) is 0. The van der Waals surface area contributed by atoms with Crippen LogP contribution in [0.5, 0.6) is 17.2 Å². The number of hydrogen-bond donors (Lipinski definition) is 3. The quantitative estimate of drug-likeness (QED) is 0.266. The van der Waals surface area contributed by atoms with Gasteiger partial charge in [0.1, 0.15) is 17.2 Å². The summed E-state index contributed by atoms with van der Waals surface area (Å²) in [4.78, 5) is 0. The van der Waals surface area contributed by atoms with E-state index in [1.807, 2.05) is 66.7 Å². The number of rotatable bonds is 2. The summed E-state index contributed by atoms with van der Waals surface area (Å²) in [6, 6.07) is 32.4. The number of phenolic OH excluding ortho intramolecular Hbond substituents is 3. The summed E-state index contributed by atoms with van der Waals surface area (Å²) in [5.74, 6) is 0.620. The molecule has 158 valence electrons. The van der Waals surface area contributed by atoms with Gasteiger partial charge in [0.25, 0.3) is 0 Å². The van der Waals surface area contributed by atoms with Gasteiger partial charge in [-0.2, -0.15) is 0 Å². The highest BCUT2D eigenvalue weighted by Crippen LogP contribution is 2.43. The fourth-order valence-corrected chi connectivity index (χ4v) is 4.84. The Kier molecular flexibility index (Phi) is 4.24. The summed E-state index contributed by atoms with van der Waals surface area (Å²) in [5, 5.41) is 36.8. The summed E-state index contributed by atoms with van der Waals surface area (Å²) >= 11 is 0. The molecule has 6 aromatic rings. The Balaban J connectivity index is 1.70. The first-order valence-corrected chi connectivity index (χ1v) is 10.8. The standard InChI is InChI=1S/C30H20O3/c31-20-12-10-18-4-1-6-22(27(18)16-20)24-14-15-26(30-25(24)8-3-9-29(30)33)23-7-2-5-19-11-13-21(32)17-28(19)23/h1-17,31-33H. The Labute approximate surface area is 190 Å². The Morgan fingerprint density at radius 3 is 1.55 bits per heavy atom. The fraction of sp³-hybridized carbons (Fsp3) is 0. The van der Waals surface area contributed by atoms with E-state index in [0.717, 1.165) is 54.6 Å². The molecular weight excluding hydrogens is 408 g/mol. The highest BCUT2D eigenvalue weighted by Gasteiger charge is 2.16. The smallest absolute Gasteiger partial charge is 0.124 e. The molecule has 0 aliphatic carbocycles. The van der Waals surface area contributed by atoms with Gasteiger partial charge in [0, 0.05) is 5.39 Å². The zero-order valence-corrected chi connectivity index (χ0v) is 17.7. The van der Waals surface area contributed by atoms with E-state index < -0.39 is 0 Å². The van der Waals surface area contributed by atoms with E-state index in [0.29, 0.717) is 0 Å². The molecule has 0 amide bonds. The number of aromatic hydroxyl groups is 3. The number of benzene rings is 6. The van der Waals surface area contributed by atoms with E-state index in [4.69, 9.17) is 0 Å². The largest absolute Gasteiger partial charge is 0.508 e. The van der Waals surface area contributed by atoms with Gasteiger partial charge in [-0.3, -0.25) is 0 Å². The SMILES string of the molecule is Oc1ccc2cccc(-c3ccc(-c4cccc5ccc(O)cc45)c4c(O)cccc34)c2c1. The van der Waals surface area contributed by atoms with Gasteiger partial charge < -0.3 is 15.3 Å². The van der Waals surface area contributed by atoms with E-state index in [2.05, 4.69) is 6.07 Å². The van der Waals surface area contributed by atoms with Crippen LogP contribution in [-0.2, 0) is 0 Å². The van der Waals surface area contributed by atoms with Crippen LogP contribution in [0.15, 0.2) is 103 Å². The van der Waals surface area contributed by atoms with Crippen LogP contribution in [0.3, 0.4) is 0 Å². The Morgan fingerprint density at radius 1 is 0.394 bits per heavy atom. The highest BCUT2D eigenvalue weighted by atomic mass is 16.3. The average Bonchev–Trinajstić information content (AvgIpc) is 2.83. The second-order valence-electron chi connectivity index (χ2n) is 8.28. The molecule has 33 heavy (non-hydrogen) atoms. The summed E-state index contributed by atoms with van der Waals surface area (Å²) < 4.78 is 0. The minimum Gasteiger partial charge on any atom is -0.508 e. The Hall–Kier alpha value is -4.50. The fourth-order valence-electron chi connectivity index (χ4n) is 4.84. The molecule has 3 N–H and O–H groups in total. The van der Waals surface area contributed by atoms with Crippen molar-refractivity contribution in [3.63, 3.8) is 0 Å². The molecule has 0 spiro atoms. The monoisotopic (exact) mass is 428 g/mol. The van der Waals surface area contributed by atoms with Crippen LogP contribution < -0.4 is 0 Å². The van der Waals surface area contributed by atoms with Crippen LogP contribution in [0.2, 0.25) is 0 Å². The van der Waals surface area contributed by atoms with Crippen molar-refractivity contribution in [2.24, 2.45) is 0 Å². The van der Waals surface area contributed by atoms with E-state index in [1.165, 1.54) is 0 Å². The minimum atomic E-state index is 0.199. The third-order valence-electron chi connectivity index (χ3n) is 6.33. The molecule has 6 rings (SSSR count). The predicted octanol–water partition coefficient (Wildman–Crippen LogP) is 7.60. The van der Waals surface area contributed by atoms with Gasteiger partial charge in [-0.25, -0.2) is 0 Å². The van der Waals surface area contributed by atoms with Gasteiger partial charge in [-0.05, 0) is 79.5 Å². The van der Waals surface area contributed by atoms with Crippen molar-refractivity contribution in [3.8, 4) is 39.5 Å². The van der Waals surface area contributed by atoms with Crippen molar-refractivity contribution in [1.82, 2.24) is 0 Å². The van der Waals surface area contributed by atoms with Crippen molar-refractivity contribution >= 4 is 32.3 Å². The zero-order valence-electron chi connectivity index (χ0n) is 17.7. The Morgan fingerprint density at radius 2 is 0.909 bits per heavy atom. The topological polar surface area (TPSA) is 60.7 Å². The maximum absolute atomic E-state index is 11.0. The normalized spacial score (nSPS) is 11.4. The maximum atomic E-state index is 11.0. The van der Waals surface area contributed by atoms with Crippen LogP contribution in [0.1, 0.15) is 0 Å². The molecular formula is C30H20O3. The van der Waals surface area contributed by atoms with Crippen LogP contribution >= 0.6 is 0 Å². The lowest BCUT2D eigenvalue weighted by molar-refractivity contribution is 0.475. The summed E-state index contributed by atoms with van der Waals surface area (Å²) in [6.07, 6.45) is 0. The molecule has 3 heteroatoms. The summed E-state index contributed by atoms with van der Waals surface area (Å²) in [6.45, 7) is 0. The highest BCUT2D eigenvalue weighted by molar-refractivity contribution is 6.14. The number of hydrogen-bond acceptors (Lipinski definition) is 3. The van der Waals surface area contributed by atoms with Gasteiger partial charge >= 0.3 is 0 Å². The molecule has 0 radical (unpaired) electrons. The van der Waals surface area contributed by atoms with Crippen LogP contribution in [0.4, 0.5) is 0 Å². The second kappa shape index (κ2) is 7.28. The van der Waals surface area contributed by atoms with E-state index >= 15 is 0 Å². The first kappa shape index (κ1) is 19.2. The molecule has 3 nitrogen and oxygen atoms in total. The Bertz CT molecular complexity index is 1700. The van der Waals surface area contributed by atoms with Gasteiger partial charge in [-0.15, -0.1) is 0 Å². The maximum Gasteiger partial charge on any atom is 0.124 e. The van der Waals surface area contributed by atoms with E-state index in [1.54, 1.807) is 30.3 Å². The van der Waals surface area contributed by atoms with E-state index in [9.17, 15) is 15.3 Å². The molecule has 0 aromatic heterocycles. The third-order valence-corrected chi connectivity index (χ3v) is 6.33. The van der Waals surface area contributed by atoms with Gasteiger partial charge in [0.05, 0.1) is 0 Å². The first-order valence-electron chi connectivity index (χ1n) is 10.8. The van der Waals surface area contributed by atoms with Crippen molar-refractivity contribution in [1.29, 1.82) is 0 Å². The average molecular weight is 428 g/mol. The van der Waals surface area contributed by atoms with Crippen LogP contribution in [-0.4, -0.2) is 15.3 Å². The lowest BCUT2D eigenvalue weighted by atomic mass is 9.88. The van der Waals surface area contributed by atoms with Crippen molar-refractivity contribution < 1.29 is 15.3 Å². The first-order chi connectivity index (χ1) is 16.1. The molecule has 0 aliphatic heterocycles. The lowest BCUT2D eigenvalue weighted by Gasteiger charge is -2.16. The molecule has 0 fully saturated rings. The molecule has 0 heterocycles. The predicted molar refractivity (Wildman–Crippen MR) is 135 cm³/mol. The lowest BCUT2D eigenvalue weighted by Crippen LogP contribution is -1.89. The van der Waals surface area contributed by atoms with E-state index in [-0.39, 0.29) is 17.2 Å². The third kappa shape index (κ3) is 3.06. The zero-order chi connectivity index (χ0) is 22.5. The second-order valence-corrected chi connectivity index (χ2v) is 8.28. The van der Waals surface area contributed by atoms with Crippen molar-refractivity contribution in [3.05, 3.63) is 103 Å². The van der Waals surface area contributed by atoms with Gasteiger partial charge in [0.2, 0.25) is 0 Å².